The molecule has 1 unspecified atom stereocenters. The van der Waals surface area contributed by atoms with Crippen LogP contribution in [0.4, 0.5) is 11.5 Å². The molecule has 4 rings (SSSR count). The monoisotopic (exact) mass is 420 g/mol. The first-order valence-electron chi connectivity index (χ1n) is 9.39. The van der Waals surface area contributed by atoms with E-state index in [1.165, 1.54) is 26.5 Å². The van der Waals surface area contributed by atoms with Gasteiger partial charge < -0.3 is 25.2 Å². The second kappa shape index (κ2) is 8.23. The zero-order chi connectivity index (χ0) is 22.0. The molecule has 0 saturated carbocycles. The summed E-state index contributed by atoms with van der Waals surface area (Å²) >= 11 is 0. The molecule has 3 N–H and O–H groups in total. The molecule has 9 nitrogen and oxygen atoms in total. The minimum atomic E-state index is -1.16. The summed E-state index contributed by atoms with van der Waals surface area (Å²) in [7, 11) is 3.06. The number of carbonyl (C=O) groups excluding carboxylic acids is 1. The summed E-state index contributed by atoms with van der Waals surface area (Å²) in [5.41, 5.74) is 1.39. The minimum Gasteiger partial charge on any atom is -0.497 e. The summed E-state index contributed by atoms with van der Waals surface area (Å²) in [6.07, 6.45) is 2.91. The van der Waals surface area contributed by atoms with E-state index < -0.39 is 17.9 Å². The third-order valence-electron chi connectivity index (χ3n) is 4.90. The van der Waals surface area contributed by atoms with E-state index in [1.54, 1.807) is 47.1 Å². The van der Waals surface area contributed by atoms with Crippen molar-refractivity contribution in [2.45, 2.75) is 6.04 Å². The molecule has 1 aromatic heterocycles. The van der Waals surface area contributed by atoms with Crippen molar-refractivity contribution < 1.29 is 24.2 Å². The van der Waals surface area contributed by atoms with Gasteiger partial charge in [-0.3, -0.25) is 4.79 Å². The van der Waals surface area contributed by atoms with Gasteiger partial charge in [-0.15, -0.1) is 0 Å². The summed E-state index contributed by atoms with van der Waals surface area (Å²) in [5, 5.41) is 19.6. The summed E-state index contributed by atoms with van der Waals surface area (Å²) in [6, 6.07) is 13.6. The molecular formula is C22H20N4O5. The average molecular weight is 420 g/mol. The Morgan fingerprint density at radius 2 is 1.90 bits per heavy atom. The highest BCUT2D eigenvalue weighted by Crippen LogP contribution is 2.38. The number of carboxylic acids is 1. The number of nitrogens with zero attached hydrogens (tertiary/aromatic N) is 2. The molecule has 3 aromatic rings. The number of methoxy groups -OCH3 is 2. The van der Waals surface area contributed by atoms with Crippen LogP contribution in [-0.4, -0.2) is 41.0 Å². The number of carboxylic acid groups (broad SMARTS) is 1. The molecule has 1 aliphatic rings. The highest BCUT2D eigenvalue weighted by atomic mass is 16.5. The Hall–Kier alpha value is -4.27. The topological polar surface area (TPSA) is 115 Å². The van der Waals surface area contributed by atoms with Gasteiger partial charge >= 0.3 is 5.97 Å². The van der Waals surface area contributed by atoms with Crippen molar-refractivity contribution in [3.05, 3.63) is 77.6 Å². The normalized spacial score (nSPS) is 14.6. The molecule has 0 bridgehead atoms. The zero-order valence-corrected chi connectivity index (χ0v) is 16.8. The molecule has 0 spiro atoms. The Labute approximate surface area is 177 Å². The maximum absolute atomic E-state index is 12.9. The van der Waals surface area contributed by atoms with E-state index in [0.717, 1.165) is 0 Å². The van der Waals surface area contributed by atoms with E-state index in [1.807, 2.05) is 6.07 Å². The Balaban J connectivity index is 1.79. The maximum Gasteiger partial charge on any atom is 0.352 e. The van der Waals surface area contributed by atoms with Gasteiger partial charge in [0.2, 0.25) is 0 Å². The quantitative estimate of drug-likeness (QED) is 0.561. The Bertz CT molecular complexity index is 1170. The highest BCUT2D eigenvalue weighted by Gasteiger charge is 2.31. The lowest BCUT2D eigenvalue weighted by molar-refractivity contribution is -0.132. The number of allylic oxidation sites excluding steroid dienone is 1. The van der Waals surface area contributed by atoms with Gasteiger partial charge in [-0.1, -0.05) is 18.2 Å². The number of rotatable bonds is 6. The molecule has 158 valence electrons. The van der Waals surface area contributed by atoms with Crippen LogP contribution >= 0.6 is 0 Å². The number of ether oxygens (including phenoxy) is 2. The molecule has 1 amide bonds. The van der Waals surface area contributed by atoms with E-state index in [0.29, 0.717) is 22.7 Å². The van der Waals surface area contributed by atoms with Gasteiger partial charge in [0.15, 0.2) is 0 Å². The predicted molar refractivity (Wildman–Crippen MR) is 114 cm³/mol. The molecule has 0 radical (unpaired) electrons. The van der Waals surface area contributed by atoms with Crippen molar-refractivity contribution >= 4 is 23.4 Å². The van der Waals surface area contributed by atoms with E-state index in [2.05, 4.69) is 15.7 Å². The summed E-state index contributed by atoms with van der Waals surface area (Å²) < 4.78 is 12.3. The van der Waals surface area contributed by atoms with E-state index in [4.69, 9.17) is 9.47 Å². The van der Waals surface area contributed by atoms with Crippen molar-refractivity contribution in [1.29, 1.82) is 0 Å². The second-order valence-corrected chi connectivity index (χ2v) is 6.73. The van der Waals surface area contributed by atoms with Gasteiger partial charge in [0.1, 0.15) is 34.6 Å². The highest BCUT2D eigenvalue weighted by molar-refractivity contribution is 6.08. The number of nitrogens with one attached hydrogen (secondary N) is 2. The van der Waals surface area contributed by atoms with Crippen LogP contribution in [0.1, 0.15) is 22.0 Å². The first-order valence-corrected chi connectivity index (χ1v) is 9.39. The van der Waals surface area contributed by atoms with Gasteiger partial charge in [0.25, 0.3) is 5.91 Å². The zero-order valence-electron chi connectivity index (χ0n) is 16.8. The maximum atomic E-state index is 12.9. The van der Waals surface area contributed by atoms with E-state index in [-0.39, 0.29) is 17.1 Å². The molecule has 1 atom stereocenters. The summed E-state index contributed by atoms with van der Waals surface area (Å²) in [5.74, 6) is -0.194. The largest absolute Gasteiger partial charge is 0.497 e. The number of carbonyl (C=O) groups is 2. The van der Waals surface area contributed by atoms with Crippen LogP contribution in [0.15, 0.2) is 66.5 Å². The molecule has 31 heavy (non-hydrogen) atoms. The van der Waals surface area contributed by atoms with Crippen LogP contribution in [-0.2, 0) is 4.79 Å². The lowest BCUT2D eigenvalue weighted by Gasteiger charge is -2.26. The van der Waals surface area contributed by atoms with Crippen LogP contribution in [0.3, 0.4) is 0 Å². The van der Waals surface area contributed by atoms with Crippen molar-refractivity contribution in [2.75, 3.05) is 24.9 Å². The number of hydrogen-bond donors (Lipinski definition) is 3. The van der Waals surface area contributed by atoms with Gasteiger partial charge in [-0.2, -0.15) is 5.10 Å². The first-order chi connectivity index (χ1) is 15.0. The Morgan fingerprint density at radius 3 is 2.58 bits per heavy atom. The number of hydrogen-bond acceptors (Lipinski definition) is 6. The Morgan fingerprint density at radius 1 is 1.13 bits per heavy atom. The number of aromatic nitrogens is 2. The van der Waals surface area contributed by atoms with Crippen molar-refractivity contribution in [3.63, 3.8) is 0 Å². The fourth-order valence-electron chi connectivity index (χ4n) is 3.40. The SMILES string of the molecule is COc1ccc(OC)c(C2C=C(C(=O)O)Nc3c(C(=O)Nc4ccccc4)cnn32)c1. The number of para-hydroxylation sites is 1. The molecule has 9 heteroatoms. The van der Waals surface area contributed by atoms with Crippen LogP contribution in [0.25, 0.3) is 0 Å². The molecule has 1 aliphatic heterocycles. The lowest BCUT2D eigenvalue weighted by Crippen LogP contribution is -2.26. The number of anilines is 2. The van der Waals surface area contributed by atoms with Crippen molar-refractivity contribution in [2.24, 2.45) is 0 Å². The lowest BCUT2D eigenvalue weighted by atomic mass is 10.0. The van der Waals surface area contributed by atoms with Gasteiger partial charge in [-0.25, -0.2) is 9.48 Å². The molecule has 2 heterocycles. The van der Waals surface area contributed by atoms with Crippen LogP contribution in [0, 0.1) is 0 Å². The third-order valence-corrected chi connectivity index (χ3v) is 4.90. The number of amides is 1. The van der Waals surface area contributed by atoms with Crippen LogP contribution in [0.2, 0.25) is 0 Å². The second-order valence-electron chi connectivity index (χ2n) is 6.73. The molecule has 0 aliphatic carbocycles. The fourth-order valence-corrected chi connectivity index (χ4v) is 3.40. The average Bonchev–Trinajstić information content (AvgIpc) is 3.23. The van der Waals surface area contributed by atoms with Crippen LogP contribution in [0.5, 0.6) is 11.5 Å². The van der Waals surface area contributed by atoms with Gasteiger partial charge in [-0.05, 0) is 36.4 Å². The summed E-state index contributed by atoms with van der Waals surface area (Å²) in [6.45, 7) is 0. The Kier molecular flexibility index (Phi) is 5.31. The molecule has 0 fully saturated rings. The van der Waals surface area contributed by atoms with Crippen LogP contribution < -0.4 is 20.1 Å². The number of benzene rings is 2. The predicted octanol–water partition coefficient (Wildman–Crippen LogP) is 3.14. The number of fused-ring (bicyclic) bond motifs is 1. The standard InChI is InChI=1S/C22H20N4O5/c1-30-14-8-9-19(31-2)15(10-14)18-11-17(22(28)29)25-20-16(12-23-26(18)20)21(27)24-13-6-4-3-5-7-13/h3-12,18,25H,1-2H3,(H,24,27)(H,28,29). The first kappa shape index (κ1) is 20.0. The van der Waals surface area contributed by atoms with Gasteiger partial charge in [0.05, 0.1) is 20.4 Å². The van der Waals surface area contributed by atoms with Crippen molar-refractivity contribution in [3.8, 4) is 11.5 Å². The summed E-state index contributed by atoms with van der Waals surface area (Å²) in [4.78, 5) is 24.7. The minimum absolute atomic E-state index is 0.0726. The van der Waals surface area contributed by atoms with E-state index >= 15 is 0 Å². The smallest absolute Gasteiger partial charge is 0.352 e. The van der Waals surface area contributed by atoms with Crippen molar-refractivity contribution in [1.82, 2.24) is 9.78 Å². The third kappa shape index (κ3) is 3.80. The molecule has 0 saturated heterocycles. The molecule has 2 aromatic carbocycles. The fraction of sp³-hybridized carbons (Fsp3) is 0.136. The molecular weight excluding hydrogens is 400 g/mol. The van der Waals surface area contributed by atoms with Gasteiger partial charge in [0, 0.05) is 11.3 Å². The van der Waals surface area contributed by atoms with E-state index in [9.17, 15) is 14.7 Å². The number of aliphatic carboxylic acids is 1.